The summed E-state index contributed by atoms with van der Waals surface area (Å²) in [5, 5.41) is 2.96. The van der Waals surface area contributed by atoms with Crippen molar-refractivity contribution in [3.8, 4) is 17.2 Å². The lowest BCUT2D eigenvalue weighted by molar-refractivity contribution is -0.904. The summed E-state index contributed by atoms with van der Waals surface area (Å²) in [4.78, 5) is 26.2. The first-order chi connectivity index (χ1) is 14.5. The van der Waals surface area contributed by atoms with Crippen molar-refractivity contribution < 1.29 is 33.4 Å². The monoisotopic (exact) mass is 413 g/mol. The number of amides is 1. The number of esters is 1. The molecule has 2 aliphatic rings. The van der Waals surface area contributed by atoms with Crippen molar-refractivity contribution in [1.82, 2.24) is 0 Å². The summed E-state index contributed by atoms with van der Waals surface area (Å²) < 4.78 is 21.8. The molecule has 2 aromatic rings. The van der Waals surface area contributed by atoms with Gasteiger partial charge in [-0.05, 0) is 42.8 Å². The van der Waals surface area contributed by atoms with Crippen molar-refractivity contribution in [2.24, 2.45) is 0 Å². The van der Waals surface area contributed by atoms with Gasteiger partial charge in [0.1, 0.15) is 0 Å². The first-order valence-electron chi connectivity index (χ1n) is 9.93. The Morgan fingerprint density at radius 3 is 2.70 bits per heavy atom. The van der Waals surface area contributed by atoms with Crippen molar-refractivity contribution in [2.45, 2.75) is 19.4 Å². The lowest BCUT2D eigenvalue weighted by atomic mass is 9.90. The van der Waals surface area contributed by atoms with Gasteiger partial charge in [-0.25, -0.2) is 4.79 Å². The minimum absolute atomic E-state index is 0.140. The molecule has 0 saturated heterocycles. The fourth-order valence-electron chi connectivity index (χ4n) is 4.00. The minimum atomic E-state index is -0.470. The first-order valence-corrected chi connectivity index (χ1v) is 9.93. The number of methoxy groups -OCH3 is 1. The number of anilines is 1. The van der Waals surface area contributed by atoms with Crippen LogP contribution in [0, 0.1) is 0 Å². The van der Waals surface area contributed by atoms with E-state index < -0.39 is 6.04 Å². The highest BCUT2D eigenvalue weighted by Crippen LogP contribution is 2.47. The molecular weight excluding hydrogens is 388 g/mol. The minimum Gasteiger partial charge on any atom is -0.492 e. The predicted octanol–water partition coefficient (Wildman–Crippen LogP) is 1.35. The molecule has 2 aromatic carbocycles. The Bertz CT molecular complexity index is 973. The van der Waals surface area contributed by atoms with Crippen LogP contribution in [0.3, 0.4) is 0 Å². The zero-order valence-corrected chi connectivity index (χ0v) is 17.2. The van der Waals surface area contributed by atoms with E-state index in [1.807, 2.05) is 13.1 Å². The summed E-state index contributed by atoms with van der Waals surface area (Å²) in [5.41, 5.74) is 2.90. The average Bonchev–Trinajstić information content (AvgIpc) is 3.21. The Balaban J connectivity index is 1.62. The Morgan fingerprint density at radius 2 is 2.00 bits per heavy atom. The van der Waals surface area contributed by atoms with Crippen LogP contribution in [0.4, 0.5) is 5.69 Å². The summed E-state index contributed by atoms with van der Waals surface area (Å²) in [6.45, 7) is 3.01. The zero-order chi connectivity index (χ0) is 21.3. The van der Waals surface area contributed by atoms with E-state index in [0.717, 1.165) is 29.0 Å². The standard InChI is InChI=1S/C22H24N2O6/c1-4-28-22(26)13-5-7-15(8-6-13)23-21(25)18-17-14(9-10-24(18)2)11-16-19(20(17)27-3)30-12-29-16/h5-8,11,18H,4,9-10,12H2,1-3H3,(H,23,25)/p+1/t18-/m0/s1. The lowest BCUT2D eigenvalue weighted by Gasteiger charge is -2.32. The summed E-state index contributed by atoms with van der Waals surface area (Å²) >= 11 is 0. The van der Waals surface area contributed by atoms with Crippen LogP contribution in [-0.2, 0) is 16.0 Å². The summed E-state index contributed by atoms with van der Waals surface area (Å²) in [7, 11) is 3.56. The fraction of sp³-hybridized carbons (Fsp3) is 0.364. The molecule has 0 aromatic heterocycles. The van der Waals surface area contributed by atoms with Gasteiger partial charge in [-0.1, -0.05) is 0 Å². The highest BCUT2D eigenvalue weighted by atomic mass is 16.7. The Labute approximate surface area is 174 Å². The molecule has 8 heteroatoms. The summed E-state index contributed by atoms with van der Waals surface area (Å²) in [5.74, 6) is 1.20. The number of hydrogen-bond donors (Lipinski definition) is 2. The molecule has 0 fully saturated rings. The van der Waals surface area contributed by atoms with Gasteiger partial charge in [0.15, 0.2) is 17.5 Å². The molecule has 0 spiro atoms. The molecule has 0 bridgehead atoms. The highest BCUT2D eigenvalue weighted by molar-refractivity contribution is 5.96. The van der Waals surface area contributed by atoms with Crippen molar-refractivity contribution in [1.29, 1.82) is 0 Å². The van der Waals surface area contributed by atoms with Crippen LogP contribution in [-0.4, -0.2) is 46.0 Å². The van der Waals surface area contributed by atoms with Gasteiger partial charge in [-0.15, -0.1) is 0 Å². The third-order valence-electron chi connectivity index (χ3n) is 5.44. The number of carbonyl (C=O) groups excluding carboxylic acids is 2. The van der Waals surface area contributed by atoms with Crippen LogP contribution in [0.2, 0.25) is 0 Å². The number of ether oxygens (including phenoxy) is 4. The van der Waals surface area contributed by atoms with Gasteiger partial charge < -0.3 is 29.2 Å². The van der Waals surface area contributed by atoms with Crippen molar-refractivity contribution in [3.63, 3.8) is 0 Å². The molecule has 30 heavy (non-hydrogen) atoms. The molecule has 1 unspecified atom stereocenters. The van der Waals surface area contributed by atoms with Gasteiger partial charge in [-0.3, -0.25) is 4.79 Å². The van der Waals surface area contributed by atoms with Crippen LogP contribution < -0.4 is 24.4 Å². The third kappa shape index (κ3) is 3.54. The quantitative estimate of drug-likeness (QED) is 0.720. The van der Waals surface area contributed by atoms with Gasteiger partial charge in [0.25, 0.3) is 5.91 Å². The largest absolute Gasteiger partial charge is 0.492 e. The Hall–Kier alpha value is -3.26. The molecule has 4 rings (SSSR count). The van der Waals surface area contributed by atoms with E-state index in [1.54, 1.807) is 38.3 Å². The van der Waals surface area contributed by atoms with Crippen molar-refractivity contribution in [3.05, 3.63) is 47.0 Å². The molecule has 0 aliphatic carbocycles. The topological polar surface area (TPSA) is 87.5 Å². The van der Waals surface area contributed by atoms with E-state index in [4.69, 9.17) is 18.9 Å². The number of carbonyl (C=O) groups is 2. The highest BCUT2D eigenvalue weighted by Gasteiger charge is 2.40. The number of hydrogen-bond acceptors (Lipinski definition) is 6. The molecule has 2 atom stereocenters. The number of benzene rings is 2. The number of rotatable bonds is 5. The fourth-order valence-corrected chi connectivity index (χ4v) is 4.00. The smallest absolute Gasteiger partial charge is 0.338 e. The van der Waals surface area contributed by atoms with Gasteiger partial charge in [0.05, 0.1) is 38.4 Å². The van der Waals surface area contributed by atoms with Crippen molar-refractivity contribution >= 4 is 17.6 Å². The molecule has 158 valence electrons. The molecule has 1 amide bonds. The van der Waals surface area contributed by atoms with Gasteiger partial charge in [-0.2, -0.15) is 0 Å². The molecule has 2 aliphatic heterocycles. The molecular formula is C22H25N2O6+. The molecule has 2 heterocycles. The van der Waals surface area contributed by atoms with Crippen LogP contribution in [0.15, 0.2) is 30.3 Å². The first kappa shape index (κ1) is 20.0. The van der Waals surface area contributed by atoms with E-state index in [9.17, 15) is 9.59 Å². The summed E-state index contributed by atoms with van der Waals surface area (Å²) in [6.07, 6.45) is 0.812. The number of quaternary nitrogens is 1. The zero-order valence-electron chi connectivity index (χ0n) is 17.2. The van der Waals surface area contributed by atoms with Crippen LogP contribution >= 0.6 is 0 Å². The van der Waals surface area contributed by atoms with E-state index in [-0.39, 0.29) is 18.7 Å². The van der Waals surface area contributed by atoms with Crippen LogP contribution in [0.1, 0.15) is 34.5 Å². The van der Waals surface area contributed by atoms with Crippen molar-refractivity contribution in [2.75, 3.05) is 39.4 Å². The van der Waals surface area contributed by atoms with Gasteiger partial charge >= 0.3 is 5.97 Å². The summed E-state index contributed by atoms with van der Waals surface area (Å²) in [6, 6.07) is 8.14. The van der Waals surface area contributed by atoms with Crippen LogP contribution in [0.25, 0.3) is 0 Å². The van der Waals surface area contributed by atoms with Gasteiger partial charge in [0.2, 0.25) is 12.5 Å². The van der Waals surface area contributed by atoms with E-state index in [0.29, 0.717) is 35.1 Å². The second-order valence-electron chi connectivity index (χ2n) is 7.28. The predicted molar refractivity (Wildman–Crippen MR) is 108 cm³/mol. The van der Waals surface area contributed by atoms with E-state index >= 15 is 0 Å². The van der Waals surface area contributed by atoms with E-state index in [2.05, 4.69) is 5.32 Å². The average molecular weight is 413 g/mol. The molecule has 0 saturated carbocycles. The second kappa shape index (κ2) is 8.23. The number of likely N-dealkylation sites (N-methyl/N-ethyl adjacent to an activating group) is 1. The van der Waals surface area contributed by atoms with Gasteiger partial charge in [0, 0.05) is 12.1 Å². The number of fused-ring (bicyclic) bond motifs is 2. The van der Waals surface area contributed by atoms with Crippen LogP contribution in [0.5, 0.6) is 17.2 Å². The SMILES string of the molecule is CCOC(=O)c1ccc(NC(=O)[C@@H]2c3c(cc4c(c3OC)OCO4)CC[NH+]2C)cc1. The maximum Gasteiger partial charge on any atom is 0.338 e. The normalized spacial score (nSPS) is 19.0. The second-order valence-corrected chi connectivity index (χ2v) is 7.28. The number of nitrogens with one attached hydrogen (secondary N) is 2. The maximum atomic E-state index is 13.3. The Kier molecular flexibility index (Phi) is 5.50. The molecule has 8 nitrogen and oxygen atoms in total. The molecule has 2 N–H and O–H groups in total. The Morgan fingerprint density at radius 1 is 1.23 bits per heavy atom. The lowest BCUT2D eigenvalue weighted by Crippen LogP contribution is -3.11. The van der Waals surface area contributed by atoms with E-state index in [1.165, 1.54) is 0 Å². The molecule has 0 radical (unpaired) electrons. The maximum absolute atomic E-state index is 13.3. The third-order valence-corrected chi connectivity index (χ3v) is 5.44.